The molecule has 2 aromatic rings. The Hall–Kier alpha value is -2.22. The molecule has 1 amide bonds. The van der Waals surface area contributed by atoms with Gasteiger partial charge in [-0.3, -0.25) is 4.79 Å². The van der Waals surface area contributed by atoms with E-state index in [0.717, 1.165) is 11.1 Å². The fraction of sp³-hybridized carbons (Fsp3) is 0.350. The van der Waals surface area contributed by atoms with Crippen molar-refractivity contribution in [1.29, 1.82) is 0 Å². The Bertz CT molecular complexity index is 898. The van der Waals surface area contributed by atoms with Gasteiger partial charge >= 0.3 is 0 Å². The molecule has 144 valence electrons. The standard InChI is InChI=1S/C20H25N3O3S/c1-14(15-9-11-17(12-10-15)27(3,25)26)23(2)20(24)19-13-18(21-22-19)16-7-5-4-6-8-16/h4-12,14,18-19,21-22H,13H2,1-3H3. The van der Waals surface area contributed by atoms with Crippen molar-refractivity contribution in [1.82, 2.24) is 15.8 Å². The highest BCUT2D eigenvalue weighted by Gasteiger charge is 2.33. The first-order valence-corrected chi connectivity index (χ1v) is 10.8. The number of nitrogens with one attached hydrogen (secondary N) is 2. The third-order valence-corrected chi connectivity index (χ3v) is 6.25. The van der Waals surface area contributed by atoms with Crippen LogP contribution in [0.2, 0.25) is 0 Å². The molecule has 27 heavy (non-hydrogen) atoms. The van der Waals surface area contributed by atoms with Gasteiger partial charge in [0.1, 0.15) is 6.04 Å². The summed E-state index contributed by atoms with van der Waals surface area (Å²) in [6.45, 7) is 1.93. The van der Waals surface area contributed by atoms with Gasteiger partial charge in [0, 0.05) is 19.3 Å². The maximum absolute atomic E-state index is 12.9. The molecular weight excluding hydrogens is 362 g/mol. The number of amides is 1. The molecule has 1 fully saturated rings. The number of carbonyl (C=O) groups excluding carboxylic acids is 1. The SMILES string of the molecule is CC(c1ccc(S(C)(=O)=O)cc1)N(C)C(=O)C1CC(c2ccccc2)NN1. The largest absolute Gasteiger partial charge is 0.338 e. The summed E-state index contributed by atoms with van der Waals surface area (Å²) in [5, 5.41) is 0. The minimum absolute atomic E-state index is 0.000575. The van der Waals surface area contributed by atoms with Crippen LogP contribution in [0.3, 0.4) is 0 Å². The fourth-order valence-corrected chi connectivity index (χ4v) is 3.91. The average Bonchev–Trinajstić information content (AvgIpc) is 3.16. The molecule has 3 unspecified atom stereocenters. The van der Waals surface area contributed by atoms with Crippen LogP contribution in [0, 0.1) is 0 Å². The number of hydrazine groups is 1. The van der Waals surface area contributed by atoms with Crippen molar-refractivity contribution < 1.29 is 13.2 Å². The van der Waals surface area contributed by atoms with Crippen LogP contribution in [0.4, 0.5) is 0 Å². The molecule has 0 aliphatic carbocycles. The van der Waals surface area contributed by atoms with Crippen molar-refractivity contribution in [3.8, 4) is 0 Å². The van der Waals surface area contributed by atoms with Gasteiger partial charge in [0.25, 0.3) is 0 Å². The van der Waals surface area contributed by atoms with E-state index in [4.69, 9.17) is 0 Å². The molecule has 0 saturated carbocycles. The van der Waals surface area contributed by atoms with Crippen molar-refractivity contribution in [3.05, 3.63) is 65.7 Å². The van der Waals surface area contributed by atoms with E-state index in [1.165, 1.54) is 6.26 Å². The number of nitrogens with zero attached hydrogens (tertiary/aromatic N) is 1. The Morgan fingerprint density at radius 3 is 2.30 bits per heavy atom. The third kappa shape index (κ3) is 4.37. The lowest BCUT2D eigenvalue weighted by molar-refractivity contribution is -0.133. The van der Waals surface area contributed by atoms with Crippen molar-refractivity contribution in [2.75, 3.05) is 13.3 Å². The molecule has 0 spiro atoms. The minimum atomic E-state index is -3.23. The Morgan fingerprint density at radius 2 is 1.70 bits per heavy atom. The predicted octanol–water partition coefficient (Wildman–Crippen LogP) is 2.22. The Kier molecular flexibility index (Phi) is 5.64. The van der Waals surface area contributed by atoms with Crippen molar-refractivity contribution in [3.63, 3.8) is 0 Å². The molecule has 1 aliphatic heterocycles. The highest BCUT2D eigenvalue weighted by molar-refractivity contribution is 7.90. The van der Waals surface area contributed by atoms with E-state index in [9.17, 15) is 13.2 Å². The molecule has 0 radical (unpaired) electrons. The summed E-state index contributed by atoms with van der Waals surface area (Å²) < 4.78 is 23.2. The number of sulfone groups is 1. The molecular formula is C20H25N3O3S. The van der Waals surface area contributed by atoms with Crippen LogP contribution in [-0.2, 0) is 14.6 Å². The lowest BCUT2D eigenvalue weighted by atomic mass is 10.0. The van der Waals surface area contributed by atoms with Crippen molar-refractivity contribution >= 4 is 15.7 Å². The van der Waals surface area contributed by atoms with Gasteiger partial charge in [-0.2, -0.15) is 0 Å². The number of likely N-dealkylation sites (N-methyl/N-ethyl adjacent to an activating group) is 1. The molecule has 1 saturated heterocycles. The lowest BCUT2D eigenvalue weighted by Gasteiger charge is -2.28. The van der Waals surface area contributed by atoms with E-state index >= 15 is 0 Å². The third-order valence-electron chi connectivity index (χ3n) is 5.12. The zero-order chi connectivity index (χ0) is 19.6. The summed E-state index contributed by atoms with van der Waals surface area (Å²) in [5.74, 6) is 0.000575. The van der Waals surface area contributed by atoms with Gasteiger partial charge in [-0.05, 0) is 36.6 Å². The first kappa shape index (κ1) is 19.5. The Labute approximate surface area is 160 Å². The number of carbonyl (C=O) groups is 1. The number of benzene rings is 2. The first-order chi connectivity index (χ1) is 12.8. The second-order valence-corrected chi connectivity index (χ2v) is 9.02. The van der Waals surface area contributed by atoms with Crippen molar-refractivity contribution in [2.45, 2.75) is 36.4 Å². The molecule has 7 heteroatoms. The molecule has 2 N–H and O–H groups in total. The van der Waals surface area contributed by atoms with E-state index in [0.29, 0.717) is 6.42 Å². The second kappa shape index (κ2) is 7.80. The van der Waals surface area contributed by atoms with Gasteiger partial charge in [0.15, 0.2) is 9.84 Å². The Balaban J connectivity index is 1.66. The highest BCUT2D eigenvalue weighted by atomic mass is 32.2. The molecule has 1 aliphatic rings. The maximum atomic E-state index is 12.9. The summed E-state index contributed by atoms with van der Waals surface area (Å²) in [5.41, 5.74) is 8.34. The van der Waals surface area contributed by atoms with E-state index < -0.39 is 9.84 Å². The van der Waals surface area contributed by atoms with Crippen LogP contribution in [0.15, 0.2) is 59.5 Å². The van der Waals surface area contributed by atoms with E-state index in [2.05, 4.69) is 10.9 Å². The topological polar surface area (TPSA) is 78.5 Å². The normalized spacial score (nSPS) is 21.0. The number of hydrogen-bond acceptors (Lipinski definition) is 5. The predicted molar refractivity (Wildman–Crippen MR) is 105 cm³/mol. The molecule has 3 rings (SSSR count). The van der Waals surface area contributed by atoms with E-state index in [1.54, 1.807) is 36.2 Å². The zero-order valence-corrected chi connectivity index (χ0v) is 16.5. The molecule has 3 atom stereocenters. The zero-order valence-electron chi connectivity index (χ0n) is 15.7. The average molecular weight is 388 g/mol. The summed E-state index contributed by atoms with van der Waals surface area (Å²) in [6, 6.07) is 16.3. The van der Waals surface area contributed by atoms with Crippen LogP contribution in [0.1, 0.15) is 36.6 Å². The van der Waals surface area contributed by atoms with Crippen LogP contribution < -0.4 is 10.9 Å². The first-order valence-electron chi connectivity index (χ1n) is 8.90. The van der Waals surface area contributed by atoms with Gasteiger partial charge in [0.05, 0.1) is 10.9 Å². The van der Waals surface area contributed by atoms with Crippen molar-refractivity contribution in [2.24, 2.45) is 0 Å². The molecule has 1 heterocycles. The summed E-state index contributed by atoms with van der Waals surface area (Å²) in [6.07, 6.45) is 1.86. The smallest absolute Gasteiger partial charge is 0.241 e. The summed E-state index contributed by atoms with van der Waals surface area (Å²) in [7, 11) is -1.45. The minimum Gasteiger partial charge on any atom is -0.338 e. The highest BCUT2D eigenvalue weighted by Crippen LogP contribution is 2.26. The Morgan fingerprint density at radius 1 is 1.07 bits per heavy atom. The summed E-state index contributed by atoms with van der Waals surface area (Å²) >= 11 is 0. The molecule has 2 aromatic carbocycles. The van der Waals surface area contributed by atoms with Crippen LogP contribution >= 0.6 is 0 Å². The summed E-state index contributed by atoms with van der Waals surface area (Å²) in [4.78, 5) is 14.9. The lowest BCUT2D eigenvalue weighted by Crippen LogP contribution is -2.44. The van der Waals surface area contributed by atoms with Gasteiger partial charge in [0.2, 0.25) is 5.91 Å². The van der Waals surface area contributed by atoms with E-state index in [1.807, 2.05) is 37.3 Å². The molecule has 0 bridgehead atoms. The van der Waals surface area contributed by atoms with Gasteiger partial charge < -0.3 is 4.90 Å². The van der Waals surface area contributed by atoms with Crippen LogP contribution in [0.25, 0.3) is 0 Å². The van der Waals surface area contributed by atoms with Crippen LogP contribution in [-0.4, -0.2) is 38.6 Å². The second-order valence-electron chi connectivity index (χ2n) is 7.01. The van der Waals surface area contributed by atoms with Crippen LogP contribution in [0.5, 0.6) is 0 Å². The van der Waals surface area contributed by atoms with Gasteiger partial charge in [-0.15, -0.1) is 0 Å². The quantitative estimate of drug-likeness (QED) is 0.823. The van der Waals surface area contributed by atoms with Gasteiger partial charge in [-0.25, -0.2) is 19.3 Å². The fourth-order valence-electron chi connectivity index (χ4n) is 3.28. The maximum Gasteiger partial charge on any atom is 0.241 e. The number of rotatable bonds is 5. The molecule has 0 aromatic heterocycles. The van der Waals surface area contributed by atoms with E-state index in [-0.39, 0.29) is 28.9 Å². The molecule has 6 nitrogen and oxygen atoms in total. The number of hydrogen-bond donors (Lipinski definition) is 2. The monoisotopic (exact) mass is 387 g/mol. The van der Waals surface area contributed by atoms with Gasteiger partial charge in [-0.1, -0.05) is 42.5 Å².